The van der Waals surface area contributed by atoms with E-state index in [-0.39, 0.29) is 12.2 Å². The maximum absolute atomic E-state index is 12.7. The number of amides is 1. The zero-order valence-corrected chi connectivity index (χ0v) is 18.3. The number of nitrogens with one attached hydrogen (secondary N) is 1. The van der Waals surface area contributed by atoms with Gasteiger partial charge in [0.15, 0.2) is 6.10 Å². The molecule has 3 rings (SSSR count). The third-order valence-electron chi connectivity index (χ3n) is 4.95. The highest BCUT2D eigenvalue weighted by atomic mass is 16.5. The first-order chi connectivity index (χ1) is 14.8. The molecular formula is C24H26N2O5. The van der Waals surface area contributed by atoms with Crippen LogP contribution in [0, 0.1) is 27.7 Å². The maximum atomic E-state index is 12.7. The Morgan fingerprint density at radius 1 is 1.10 bits per heavy atom. The van der Waals surface area contributed by atoms with Gasteiger partial charge in [0.2, 0.25) is 0 Å². The third kappa shape index (κ3) is 5.31. The van der Waals surface area contributed by atoms with Crippen molar-refractivity contribution in [2.45, 2.75) is 47.3 Å². The van der Waals surface area contributed by atoms with E-state index in [1.807, 2.05) is 39.0 Å². The van der Waals surface area contributed by atoms with Crippen LogP contribution in [0.4, 0.5) is 5.69 Å². The van der Waals surface area contributed by atoms with Crippen LogP contribution in [0.2, 0.25) is 0 Å². The number of esters is 1. The van der Waals surface area contributed by atoms with Gasteiger partial charge in [0, 0.05) is 5.69 Å². The van der Waals surface area contributed by atoms with Gasteiger partial charge in [-0.25, -0.2) is 4.79 Å². The van der Waals surface area contributed by atoms with Crippen LogP contribution in [0.3, 0.4) is 0 Å². The number of benzene rings is 2. The molecule has 0 saturated carbocycles. The Morgan fingerprint density at radius 2 is 1.84 bits per heavy atom. The number of aromatic nitrogens is 1. The van der Waals surface area contributed by atoms with E-state index in [4.69, 9.17) is 14.0 Å². The molecule has 0 spiro atoms. The fraction of sp³-hybridized carbons (Fsp3) is 0.292. The highest BCUT2D eigenvalue weighted by Gasteiger charge is 2.22. The molecular weight excluding hydrogens is 396 g/mol. The smallest absolute Gasteiger partial charge is 0.342 e. The van der Waals surface area contributed by atoms with Crippen LogP contribution in [-0.4, -0.2) is 23.1 Å². The second-order valence-electron chi connectivity index (χ2n) is 7.44. The summed E-state index contributed by atoms with van der Waals surface area (Å²) in [5.74, 6) is -0.0317. The average molecular weight is 422 g/mol. The van der Waals surface area contributed by atoms with E-state index in [9.17, 15) is 9.59 Å². The summed E-state index contributed by atoms with van der Waals surface area (Å²) in [6, 6.07) is 12.4. The number of carbonyl (C=O) groups excluding carboxylic acids is 2. The predicted molar refractivity (Wildman–Crippen MR) is 116 cm³/mol. The van der Waals surface area contributed by atoms with Crippen LogP contribution in [0.15, 0.2) is 47.0 Å². The van der Waals surface area contributed by atoms with Gasteiger partial charge >= 0.3 is 5.97 Å². The molecule has 162 valence electrons. The highest BCUT2D eigenvalue weighted by Crippen LogP contribution is 2.23. The second-order valence-corrected chi connectivity index (χ2v) is 7.44. The maximum Gasteiger partial charge on any atom is 0.342 e. The number of hydrogen-bond donors (Lipinski definition) is 1. The molecule has 0 aliphatic carbocycles. The third-order valence-corrected chi connectivity index (χ3v) is 4.95. The van der Waals surface area contributed by atoms with Crippen molar-refractivity contribution in [2.75, 3.05) is 5.32 Å². The Kier molecular flexibility index (Phi) is 6.74. The van der Waals surface area contributed by atoms with E-state index in [2.05, 4.69) is 10.5 Å². The van der Waals surface area contributed by atoms with Gasteiger partial charge in [-0.2, -0.15) is 0 Å². The molecule has 0 unspecified atom stereocenters. The molecule has 1 heterocycles. The molecule has 0 bridgehead atoms. The SMILES string of the molecule is Cc1ccc(NC(=O)[C@H](C)OC(=O)c2ccccc2OCc2c(C)noc2C)c(C)c1. The number of aryl methyl sites for hydroxylation is 4. The molecule has 0 saturated heterocycles. The van der Waals surface area contributed by atoms with Gasteiger partial charge < -0.3 is 19.3 Å². The number of hydrogen-bond acceptors (Lipinski definition) is 6. The number of nitrogens with zero attached hydrogens (tertiary/aromatic N) is 1. The lowest BCUT2D eigenvalue weighted by atomic mass is 10.1. The zero-order valence-electron chi connectivity index (χ0n) is 18.3. The molecule has 3 aromatic rings. The standard InChI is InChI=1S/C24H26N2O5/c1-14-10-11-21(15(2)12-14)25-23(27)18(5)30-24(28)19-8-6-7-9-22(19)29-13-20-16(3)26-31-17(20)4/h6-12,18H,13H2,1-5H3,(H,25,27)/t18-/m0/s1. The molecule has 7 nitrogen and oxygen atoms in total. The Morgan fingerprint density at radius 3 is 2.52 bits per heavy atom. The van der Waals surface area contributed by atoms with E-state index < -0.39 is 18.0 Å². The summed E-state index contributed by atoms with van der Waals surface area (Å²) in [6.07, 6.45) is -0.983. The Bertz CT molecular complexity index is 1080. The molecule has 1 N–H and O–H groups in total. The Labute approximate surface area is 181 Å². The fourth-order valence-corrected chi connectivity index (χ4v) is 3.08. The molecule has 1 aromatic heterocycles. The van der Waals surface area contributed by atoms with Crippen molar-refractivity contribution >= 4 is 17.6 Å². The van der Waals surface area contributed by atoms with Gasteiger partial charge in [0.25, 0.3) is 5.91 Å². The summed E-state index contributed by atoms with van der Waals surface area (Å²) in [7, 11) is 0. The van der Waals surface area contributed by atoms with Crippen LogP contribution in [0.5, 0.6) is 5.75 Å². The van der Waals surface area contributed by atoms with E-state index in [1.54, 1.807) is 31.2 Å². The largest absolute Gasteiger partial charge is 0.488 e. The van der Waals surface area contributed by atoms with Crippen LogP contribution in [0.1, 0.15) is 45.4 Å². The molecule has 1 amide bonds. The van der Waals surface area contributed by atoms with Crippen LogP contribution in [0.25, 0.3) is 0 Å². The van der Waals surface area contributed by atoms with Crippen molar-refractivity contribution in [3.05, 3.63) is 76.2 Å². The van der Waals surface area contributed by atoms with Crippen molar-refractivity contribution in [3.8, 4) is 5.75 Å². The van der Waals surface area contributed by atoms with Crippen LogP contribution < -0.4 is 10.1 Å². The normalized spacial score (nSPS) is 11.6. The quantitative estimate of drug-likeness (QED) is 0.557. The minimum absolute atomic E-state index is 0.203. The molecule has 0 aliphatic rings. The van der Waals surface area contributed by atoms with Crippen molar-refractivity contribution < 1.29 is 23.6 Å². The number of anilines is 1. The second kappa shape index (κ2) is 9.47. The molecule has 0 fully saturated rings. The number of para-hydroxylation sites is 1. The minimum atomic E-state index is -0.983. The first-order valence-electron chi connectivity index (χ1n) is 9.99. The van der Waals surface area contributed by atoms with E-state index in [0.29, 0.717) is 17.2 Å². The topological polar surface area (TPSA) is 90.7 Å². The Balaban J connectivity index is 1.66. The summed E-state index contributed by atoms with van der Waals surface area (Å²) in [5.41, 5.74) is 4.51. The van der Waals surface area contributed by atoms with Gasteiger partial charge in [-0.15, -0.1) is 0 Å². The van der Waals surface area contributed by atoms with Gasteiger partial charge in [0.1, 0.15) is 23.7 Å². The predicted octanol–water partition coefficient (Wildman–Crippen LogP) is 4.67. The molecule has 0 aliphatic heterocycles. The van der Waals surface area contributed by atoms with Crippen molar-refractivity contribution in [1.29, 1.82) is 0 Å². The van der Waals surface area contributed by atoms with Crippen molar-refractivity contribution in [3.63, 3.8) is 0 Å². The molecule has 7 heteroatoms. The van der Waals surface area contributed by atoms with Crippen molar-refractivity contribution in [1.82, 2.24) is 5.16 Å². The summed E-state index contributed by atoms with van der Waals surface area (Å²) < 4.78 is 16.4. The van der Waals surface area contributed by atoms with E-state index in [1.165, 1.54) is 6.92 Å². The molecule has 2 aromatic carbocycles. The minimum Gasteiger partial charge on any atom is -0.488 e. The van der Waals surface area contributed by atoms with Gasteiger partial charge in [-0.1, -0.05) is 35.0 Å². The lowest BCUT2D eigenvalue weighted by Gasteiger charge is -2.16. The fourth-order valence-electron chi connectivity index (χ4n) is 3.08. The summed E-state index contributed by atoms with van der Waals surface area (Å²) in [5, 5.41) is 6.70. The van der Waals surface area contributed by atoms with Gasteiger partial charge in [-0.3, -0.25) is 4.79 Å². The first-order valence-corrected chi connectivity index (χ1v) is 9.99. The number of rotatable bonds is 7. The summed E-state index contributed by atoms with van der Waals surface area (Å²) in [4.78, 5) is 25.2. The lowest BCUT2D eigenvalue weighted by Crippen LogP contribution is -2.30. The zero-order chi connectivity index (χ0) is 22.5. The Hall–Kier alpha value is -3.61. The molecule has 31 heavy (non-hydrogen) atoms. The van der Waals surface area contributed by atoms with Crippen molar-refractivity contribution in [2.24, 2.45) is 0 Å². The van der Waals surface area contributed by atoms with Crippen LogP contribution >= 0.6 is 0 Å². The monoisotopic (exact) mass is 422 g/mol. The van der Waals surface area contributed by atoms with Gasteiger partial charge in [0.05, 0.1) is 11.3 Å². The molecule has 1 atom stereocenters. The highest BCUT2D eigenvalue weighted by molar-refractivity contribution is 5.98. The number of ether oxygens (including phenoxy) is 2. The average Bonchev–Trinajstić information content (AvgIpc) is 3.06. The van der Waals surface area contributed by atoms with Crippen LogP contribution in [-0.2, 0) is 16.1 Å². The van der Waals surface area contributed by atoms with E-state index in [0.717, 1.165) is 22.4 Å². The molecule has 0 radical (unpaired) electrons. The number of carbonyl (C=O) groups is 2. The summed E-state index contributed by atoms with van der Waals surface area (Å²) in [6.45, 7) is 9.25. The lowest BCUT2D eigenvalue weighted by molar-refractivity contribution is -0.123. The van der Waals surface area contributed by atoms with Gasteiger partial charge in [-0.05, 0) is 58.4 Å². The summed E-state index contributed by atoms with van der Waals surface area (Å²) >= 11 is 0. The van der Waals surface area contributed by atoms with E-state index >= 15 is 0 Å². The first kappa shape index (κ1) is 22.1.